The van der Waals surface area contributed by atoms with Crippen molar-refractivity contribution in [1.29, 1.82) is 0 Å². The van der Waals surface area contributed by atoms with Crippen LogP contribution in [0.2, 0.25) is 0 Å². The van der Waals surface area contributed by atoms with Crippen molar-refractivity contribution in [3.8, 4) is 0 Å². The number of fused-ring (bicyclic) bond motifs is 3. The van der Waals surface area contributed by atoms with Crippen LogP contribution in [0.1, 0.15) is 11.5 Å². The summed E-state index contributed by atoms with van der Waals surface area (Å²) in [6.07, 6.45) is 0. The molecule has 0 fully saturated rings. The highest BCUT2D eigenvalue weighted by Gasteiger charge is 2.07. The molecule has 4 nitrogen and oxygen atoms in total. The molecule has 0 saturated carbocycles. The predicted molar refractivity (Wildman–Crippen MR) is 63.1 cm³/mol. The van der Waals surface area contributed by atoms with E-state index >= 15 is 0 Å². The molecule has 3 rings (SSSR count). The normalized spacial score (nSPS) is 11.4. The number of hydrogen-bond acceptors (Lipinski definition) is 3. The van der Waals surface area contributed by atoms with Crippen molar-refractivity contribution < 1.29 is 0 Å². The van der Waals surface area contributed by atoms with Crippen LogP contribution < -0.4 is 5.73 Å². The van der Waals surface area contributed by atoms with Gasteiger partial charge in [0.05, 0.1) is 16.7 Å². The molecule has 0 aliphatic heterocycles. The van der Waals surface area contributed by atoms with Gasteiger partial charge in [-0.15, -0.1) is 0 Å². The van der Waals surface area contributed by atoms with Gasteiger partial charge in [-0.3, -0.25) is 0 Å². The summed E-state index contributed by atoms with van der Waals surface area (Å²) in [5, 5.41) is 5.52. The summed E-state index contributed by atoms with van der Waals surface area (Å²) in [4.78, 5) is 4.51. The van der Waals surface area contributed by atoms with Crippen LogP contribution in [0.3, 0.4) is 0 Å². The van der Waals surface area contributed by atoms with Gasteiger partial charge in [-0.1, -0.05) is 18.2 Å². The van der Waals surface area contributed by atoms with Gasteiger partial charge in [-0.05, 0) is 19.1 Å². The summed E-state index contributed by atoms with van der Waals surface area (Å²) in [5.41, 5.74) is 8.57. The molecule has 0 aliphatic rings. The standard InChI is InChI=1S/C12H12N4/c1-8-14-11-5-3-2-4-10(11)12-6-9(7-13)15-16(8)12/h2-6H,7,13H2,1H3. The zero-order valence-corrected chi connectivity index (χ0v) is 9.01. The number of aromatic nitrogens is 3. The topological polar surface area (TPSA) is 56.2 Å². The SMILES string of the molecule is Cc1nc2ccccc2c2cc(CN)nn12. The van der Waals surface area contributed by atoms with E-state index in [0.29, 0.717) is 6.54 Å². The number of nitrogens with zero attached hydrogens (tertiary/aromatic N) is 3. The highest BCUT2D eigenvalue weighted by atomic mass is 15.3. The average Bonchev–Trinajstić information content (AvgIpc) is 2.74. The fourth-order valence-electron chi connectivity index (χ4n) is 1.98. The van der Waals surface area contributed by atoms with Crippen LogP contribution in [0.4, 0.5) is 0 Å². The van der Waals surface area contributed by atoms with E-state index in [1.807, 2.05) is 35.7 Å². The summed E-state index contributed by atoms with van der Waals surface area (Å²) < 4.78 is 1.85. The first-order valence-electron chi connectivity index (χ1n) is 5.23. The molecule has 0 aliphatic carbocycles. The lowest BCUT2D eigenvalue weighted by Crippen LogP contribution is -2.00. The van der Waals surface area contributed by atoms with E-state index in [9.17, 15) is 0 Å². The van der Waals surface area contributed by atoms with E-state index in [0.717, 1.165) is 27.9 Å². The molecule has 1 aromatic carbocycles. The van der Waals surface area contributed by atoms with Crippen molar-refractivity contribution in [3.63, 3.8) is 0 Å². The second-order valence-corrected chi connectivity index (χ2v) is 3.81. The maximum absolute atomic E-state index is 5.61. The average molecular weight is 212 g/mol. The molecule has 2 heterocycles. The molecule has 3 aromatic rings. The van der Waals surface area contributed by atoms with Crippen LogP contribution >= 0.6 is 0 Å². The van der Waals surface area contributed by atoms with Gasteiger partial charge < -0.3 is 5.73 Å². The summed E-state index contributed by atoms with van der Waals surface area (Å²) in [6, 6.07) is 10.1. The quantitative estimate of drug-likeness (QED) is 0.667. The van der Waals surface area contributed by atoms with Gasteiger partial charge in [0.15, 0.2) is 0 Å². The minimum absolute atomic E-state index is 0.454. The lowest BCUT2D eigenvalue weighted by atomic mass is 10.2. The molecule has 4 heteroatoms. The molecule has 0 spiro atoms. The first-order chi connectivity index (χ1) is 7.79. The molecule has 0 atom stereocenters. The molecule has 0 radical (unpaired) electrons. The lowest BCUT2D eigenvalue weighted by molar-refractivity contribution is 0.834. The molecular weight excluding hydrogens is 200 g/mol. The number of hydrogen-bond donors (Lipinski definition) is 1. The molecule has 0 saturated heterocycles. The van der Waals surface area contributed by atoms with Gasteiger partial charge in [0.2, 0.25) is 0 Å². The van der Waals surface area contributed by atoms with Crippen molar-refractivity contribution in [1.82, 2.24) is 14.6 Å². The number of nitrogens with two attached hydrogens (primary N) is 1. The van der Waals surface area contributed by atoms with E-state index in [4.69, 9.17) is 5.73 Å². The van der Waals surface area contributed by atoms with Gasteiger partial charge in [-0.25, -0.2) is 9.50 Å². The summed E-state index contributed by atoms with van der Waals surface area (Å²) >= 11 is 0. The largest absolute Gasteiger partial charge is 0.325 e. The Labute approximate surface area is 92.7 Å². The third-order valence-corrected chi connectivity index (χ3v) is 2.74. The van der Waals surface area contributed by atoms with Crippen molar-refractivity contribution >= 4 is 16.4 Å². The van der Waals surface area contributed by atoms with Crippen molar-refractivity contribution in [2.75, 3.05) is 0 Å². The maximum Gasteiger partial charge on any atom is 0.128 e. The molecule has 2 aromatic heterocycles. The van der Waals surface area contributed by atoms with Crippen LogP contribution in [-0.4, -0.2) is 14.6 Å². The fourth-order valence-corrected chi connectivity index (χ4v) is 1.98. The van der Waals surface area contributed by atoms with E-state index in [-0.39, 0.29) is 0 Å². The Balaban J connectivity index is 2.52. The molecule has 80 valence electrons. The number of para-hydroxylation sites is 1. The summed E-state index contributed by atoms with van der Waals surface area (Å²) in [7, 11) is 0. The van der Waals surface area contributed by atoms with Gasteiger partial charge >= 0.3 is 0 Å². The lowest BCUT2D eigenvalue weighted by Gasteiger charge is -2.02. The number of aryl methyl sites for hydroxylation is 1. The first-order valence-corrected chi connectivity index (χ1v) is 5.23. The Kier molecular flexibility index (Phi) is 1.91. The van der Waals surface area contributed by atoms with Gasteiger partial charge in [-0.2, -0.15) is 5.10 Å². The Bertz CT molecular complexity index is 669. The van der Waals surface area contributed by atoms with Gasteiger partial charge in [0, 0.05) is 11.9 Å². The second kappa shape index (κ2) is 3.28. The third-order valence-electron chi connectivity index (χ3n) is 2.74. The highest BCUT2D eigenvalue weighted by molar-refractivity contribution is 5.93. The molecule has 0 unspecified atom stereocenters. The maximum atomic E-state index is 5.61. The van der Waals surface area contributed by atoms with Crippen molar-refractivity contribution in [2.45, 2.75) is 13.5 Å². The zero-order valence-electron chi connectivity index (χ0n) is 9.01. The Morgan fingerprint density at radius 3 is 2.94 bits per heavy atom. The Morgan fingerprint density at radius 2 is 2.12 bits per heavy atom. The van der Waals surface area contributed by atoms with Crippen molar-refractivity contribution in [3.05, 3.63) is 41.9 Å². The van der Waals surface area contributed by atoms with Crippen molar-refractivity contribution in [2.24, 2.45) is 5.73 Å². The van der Waals surface area contributed by atoms with Crippen LogP contribution in [0, 0.1) is 6.92 Å². The molecule has 16 heavy (non-hydrogen) atoms. The molecular formula is C12H12N4. The zero-order chi connectivity index (χ0) is 11.1. The summed E-state index contributed by atoms with van der Waals surface area (Å²) in [5.74, 6) is 0.883. The number of benzene rings is 1. The van der Waals surface area contributed by atoms with Gasteiger partial charge in [0.1, 0.15) is 5.82 Å². The van der Waals surface area contributed by atoms with E-state index in [1.165, 1.54) is 0 Å². The van der Waals surface area contributed by atoms with E-state index in [2.05, 4.69) is 16.1 Å². The smallest absolute Gasteiger partial charge is 0.128 e. The molecule has 0 bridgehead atoms. The van der Waals surface area contributed by atoms with Crippen LogP contribution in [0.5, 0.6) is 0 Å². The molecule has 2 N–H and O–H groups in total. The van der Waals surface area contributed by atoms with E-state index in [1.54, 1.807) is 0 Å². The first kappa shape index (κ1) is 9.30. The Morgan fingerprint density at radius 1 is 1.31 bits per heavy atom. The monoisotopic (exact) mass is 212 g/mol. The van der Waals surface area contributed by atoms with Gasteiger partial charge in [0.25, 0.3) is 0 Å². The summed E-state index contributed by atoms with van der Waals surface area (Å²) in [6.45, 7) is 2.40. The second-order valence-electron chi connectivity index (χ2n) is 3.81. The Hall–Kier alpha value is -1.94. The molecule has 0 amide bonds. The minimum atomic E-state index is 0.454. The third kappa shape index (κ3) is 1.20. The predicted octanol–water partition coefficient (Wildman–Crippen LogP) is 1.65. The van der Waals surface area contributed by atoms with E-state index < -0.39 is 0 Å². The fraction of sp³-hybridized carbons (Fsp3) is 0.167. The van der Waals surface area contributed by atoms with Crippen LogP contribution in [-0.2, 0) is 6.54 Å². The highest BCUT2D eigenvalue weighted by Crippen LogP contribution is 2.19. The van der Waals surface area contributed by atoms with Crippen LogP contribution in [0.25, 0.3) is 16.4 Å². The number of rotatable bonds is 1. The minimum Gasteiger partial charge on any atom is -0.325 e. The van der Waals surface area contributed by atoms with Crippen LogP contribution in [0.15, 0.2) is 30.3 Å².